The van der Waals surface area contributed by atoms with Crippen LogP contribution in [0.2, 0.25) is 0 Å². The molecule has 1 fully saturated rings. The Labute approximate surface area is 117 Å². The van der Waals surface area contributed by atoms with Crippen LogP contribution in [0.3, 0.4) is 0 Å². The van der Waals surface area contributed by atoms with Gasteiger partial charge in [0.2, 0.25) is 0 Å². The number of phenols is 1. The molecule has 0 spiro atoms. The van der Waals surface area contributed by atoms with Gasteiger partial charge in [-0.2, -0.15) is 0 Å². The third-order valence-electron chi connectivity index (χ3n) is 4.18. The molecule has 2 aliphatic heterocycles. The molecule has 20 heavy (non-hydrogen) atoms. The van der Waals surface area contributed by atoms with Gasteiger partial charge < -0.3 is 14.7 Å². The second kappa shape index (κ2) is 4.81. The van der Waals surface area contributed by atoms with Crippen molar-refractivity contribution in [2.45, 2.75) is 25.8 Å². The lowest BCUT2D eigenvalue weighted by Gasteiger charge is -2.20. The van der Waals surface area contributed by atoms with E-state index in [0.29, 0.717) is 22.9 Å². The van der Waals surface area contributed by atoms with Crippen LogP contribution in [-0.2, 0) is 0 Å². The average molecular weight is 274 g/mol. The van der Waals surface area contributed by atoms with Crippen LogP contribution < -0.4 is 4.74 Å². The molecule has 0 radical (unpaired) electrons. The van der Waals surface area contributed by atoms with Gasteiger partial charge in [0.25, 0.3) is 5.91 Å². The van der Waals surface area contributed by atoms with Crippen LogP contribution in [0.15, 0.2) is 17.1 Å². The minimum Gasteiger partial charge on any atom is -0.504 e. The fourth-order valence-electron chi connectivity index (χ4n) is 2.95. The fraction of sp³-hybridized carbons (Fsp3) is 0.467. The molecule has 2 aliphatic rings. The van der Waals surface area contributed by atoms with Crippen molar-refractivity contribution in [1.29, 1.82) is 0 Å². The number of phenolic OH excluding ortho intramolecular Hbond substituents is 1. The topological polar surface area (TPSA) is 62.1 Å². The third-order valence-corrected chi connectivity index (χ3v) is 4.18. The molecule has 2 unspecified atom stereocenters. The summed E-state index contributed by atoms with van der Waals surface area (Å²) in [5.41, 5.74) is 1.01. The van der Waals surface area contributed by atoms with Gasteiger partial charge in [-0.15, -0.1) is 0 Å². The van der Waals surface area contributed by atoms with Crippen LogP contribution in [0, 0.1) is 5.92 Å². The van der Waals surface area contributed by atoms with E-state index in [9.17, 15) is 9.90 Å². The summed E-state index contributed by atoms with van der Waals surface area (Å²) in [6.45, 7) is 2.92. The molecular weight excluding hydrogens is 256 g/mol. The fourth-order valence-corrected chi connectivity index (χ4v) is 2.95. The monoisotopic (exact) mass is 274 g/mol. The highest BCUT2D eigenvalue weighted by Gasteiger charge is 2.36. The second-order valence-electron chi connectivity index (χ2n) is 5.35. The number of carbonyl (C=O) groups is 1. The first-order valence-corrected chi connectivity index (χ1v) is 6.90. The molecule has 2 atom stereocenters. The summed E-state index contributed by atoms with van der Waals surface area (Å²) in [6, 6.07) is 3.13. The average Bonchev–Trinajstić information content (AvgIpc) is 2.83. The van der Waals surface area contributed by atoms with Crippen molar-refractivity contribution in [3.63, 3.8) is 0 Å². The summed E-state index contributed by atoms with van der Waals surface area (Å²) in [4.78, 5) is 18.9. The number of nitrogens with zero attached hydrogens (tertiary/aromatic N) is 2. The van der Waals surface area contributed by atoms with Gasteiger partial charge in [-0.25, -0.2) is 0 Å². The molecule has 1 aromatic rings. The Hall–Kier alpha value is -2.04. The molecule has 0 bridgehead atoms. The number of carbonyl (C=O) groups excluding carboxylic acids is 1. The maximum atomic E-state index is 12.7. The van der Waals surface area contributed by atoms with Gasteiger partial charge in [-0.05, 0) is 18.4 Å². The van der Waals surface area contributed by atoms with Crippen molar-refractivity contribution >= 4 is 17.8 Å². The number of rotatable bonds is 2. The zero-order valence-corrected chi connectivity index (χ0v) is 11.7. The van der Waals surface area contributed by atoms with E-state index in [-0.39, 0.29) is 17.7 Å². The number of ether oxygens (including phenoxy) is 1. The molecule has 1 N–H and O–H groups in total. The smallest absolute Gasteiger partial charge is 0.256 e. The number of amides is 1. The Kier molecular flexibility index (Phi) is 3.12. The molecular formula is C15H18N2O3. The SMILES string of the molecule is CCC1CC2C=Nc3cc(O)c(OC)cc3C(=O)N2C1. The Bertz CT molecular complexity index is 583. The van der Waals surface area contributed by atoms with E-state index >= 15 is 0 Å². The predicted octanol–water partition coefficient (Wildman–Crippen LogP) is 2.36. The predicted molar refractivity (Wildman–Crippen MR) is 76.0 cm³/mol. The van der Waals surface area contributed by atoms with Crippen molar-refractivity contribution < 1.29 is 14.6 Å². The summed E-state index contributed by atoms with van der Waals surface area (Å²) in [5.74, 6) is 0.814. The van der Waals surface area contributed by atoms with Gasteiger partial charge in [0.05, 0.1) is 24.4 Å². The number of hydrogen-bond acceptors (Lipinski definition) is 4. The van der Waals surface area contributed by atoms with Gasteiger partial charge in [0, 0.05) is 18.8 Å². The van der Waals surface area contributed by atoms with Crippen molar-refractivity contribution in [2.75, 3.05) is 13.7 Å². The number of hydrogen-bond donors (Lipinski definition) is 1. The molecule has 1 aromatic carbocycles. The van der Waals surface area contributed by atoms with E-state index in [0.717, 1.165) is 19.4 Å². The van der Waals surface area contributed by atoms with Gasteiger partial charge in [0.1, 0.15) is 0 Å². The molecule has 1 amide bonds. The largest absolute Gasteiger partial charge is 0.504 e. The first kappa shape index (κ1) is 13.0. The quantitative estimate of drug-likeness (QED) is 0.900. The highest BCUT2D eigenvalue weighted by atomic mass is 16.5. The summed E-state index contributed by atoms with van der Waals surface area (Å²) in [7, 11) is 1.47. The summed E-state index contributed by atoms with van der Waals surface area (Å²) < 4.78 is 5.08. The van der Waals surface area contributed by atoms with E-state index in [4.69, 9.17) is 4.74 Å². The first-order chi connectivity index (χ1) is 9.63. The standard InChI is InChI=1S/C15H18N2O3/c1-3-9-4-10-7-16-12-6-13(18)14(20-2)5-11(12)15(19)17(10)8-9/h5-7,9-10,18H,3-4,8H2,1-2H3. The van der Waals surface area contributed by atoms with Crippen LogP contribution in [0.25, 0.3) is 0 Å². The molecule has 0 saturated carbocycles. The third kappa shape index (κ3) is 1.94. The lowest BCUT2D eigenvalue weighted by atomic mass is 10.0. The van der Waals surface area contributed by atoms with Crippen molar-refractivity contribution in [2.24, 2.45) is 10.9 Å². The van der Waals surface area contributed by atoms with E-state index < -0.39 is 0 Å². The molecule has 5 heteroatoms. The maximum Gasteiger partial charge on any atom is 0.256 e. The van der Waals surface area contributed by atoms with Gasteiger partial charge in [0.15, 0.2) is 11.5 Å². The zero-order chi connectivity index (χ0) is 14.3. The van der Waals surface area contributed by atoms with Crippen LogP contribution in [0.1, 0.15) is 30.1 Å². The van der Waals surface area contributed by atoms with E-state index in [1.54, 1.807) is 6.07 Å². The second-order valence-corrected chi connectivity index (χ2v) is 5.35. The molecule has 3 rings (SSSR count). The number of aromatic hydroxyl groups is 1. The number of benzene rings is 1. The van der Waals surface area contributed by atoms with Gasteiger partial charge in [-0.1, -0.05) is 13.3 Å². The molecule has 5 nitrogen and oxygen atoms in total. The number of methoxy groups -OCH3 is 1. The highest BCUT2D eigenvalue weighted by Crippen LogP contribution is 2.38. The minimum absolute atomic E-state index is 0.00435. The summed E-state index contributed by atoms with van der Waals surface area (Å²) in [6.07, 6.45) is 3.86. The van der Waals surface area contributed by atoms with Crippen molar-refractivity contribution in [3.8, 4) is 11.5 Å². The number of aliphatic imine (C=N–C) groups is 1. The lowest BCUT2D eigenvalue weighted by Crippen LogP contribution is -2.35. The highest BCUT2D eigenvalue weighted by molar-refractivity contribution is 6.03. The van der Waals surface area contributed by atoms with Gasteiger partial charge >= 0.3 is 0 Å². The summed E-state index contributed by atoms with van der Waals surface area (Å²) in [5, 5.41) is 9.80. The van der Waals surface area contributed by atoms with Crippen LogP contribution in [0.5, 0.6) is 11.5 Å². The molecule has 0 aliphatic carbocycles. The van der Waals surface area contributed by atoms with E-state index in [2.05, 4.69) is 11.9 Å². The normalized spacial score (nSPS) is 24.3. The van der Waals surface area contributed by atoms with Crippen LogP contribution in [0.4, 0.5) is 5.69 Å². The Morgan fingerprint density at radius 1 is 1.50 bits per heavy atom. The Balaban J connectivity index is 2.03. The minimum atomic E-state index is -0.0308. The van der Waals surface area contributed by atoms with Crippen molar-refractivity contribution in [1.82, 2.24) is 4.90 Å². The van der Waals surface area contributed by atoms with Crippen LogP contribution in [-0.4, -0.2) is 41.8 Å². The number of fused-ring (bicyclic) bond motifs is 2. The van der Waals surface area contributed by atoms with Crippen molar-refractivity contribution in [3.05, 3.63) is 17.7 Å². The van der Waals surface area contributed by atoms with Crippen LogP contribution >= 0.6 is 0 Å². The molecule has 2 heterocycles. The van der Waals surface area contributed by atoms with E-state index in [1.807, 2.05) is 11.1 Å². The molecule has 0 aromatic heterocycles. The first-order valence-electron chi connectivity index (χ1n) is 6.90. The maximum absolute atomic E-state index is 12.7. The Morgan fingerprint density at radius 3 is 3.00 bits per heavy atom. The van der Waals surface area contributed by atoms with Gasteiger partial charge in [-0.3, -0.25) is 9.79 Å². The molecule has 1 saturated heterocycles. The lowest BCUT2D eigenvalue weighted by molar-refractivity contribution is 0.0769. The molecule has 106 valence electrons. The zero-order valence-electron chi connectivity index (χ0n) is 11.7. The summed E-state index contributed by atoms with van der Waals surface area (Å²) >= 11 is 0. The Morgan fingerprint density at radius 2 is 2.30 bits per heavy atom. The van der Waals surface area contributed by atoms with E-state index in [1.165, 1.54) is 13.2 Å².